The number of alkyl halides is 3. The number of anilines is 1. The smallest absolute Gasteiger partial charge is 0.434 e. The average molecular weight is 332 g/mol. The minimum absolute atomic E-state index is 0.211. The minimum Gasteiger partial charge on any atom is -0.457 e. The van der Waals surface area contributed by atoms with Crippen molar-refractivity contribution in [1.82, 2.24) is 9.97 Å². The van der Waals surface area contributed by atoms with Crippen LogP contribution in [0.25, 0.3) is 0 Å². The summed E-state index contributed by atoms with van der Waals surface area (Å²) in [7, 11) is 0. The van der Waals surface area contributed by atoms with Gasteiger partial charge in [0.05, 0.1) is 0 Å². The Hall–Kier alpha value is -2.35. The van der Waals surface area contributed by atoms with Gasteiger partial charge in [0, 0.05) is 11.2 Å². The molecule has 1 aromatic carbocycles. The second kappa shape index (κ2) is 6.18. The second-order valence-electron chi connectivity index (χ2n) is 4.19. The van der Waals surface area contributed by atoms with Gasteiger partial charge in [0.2, 0.25) is 5.95 Å². The van der Waals surface area contributed by atoms with Crippen LogP contribution in [-0.4, -0.2) is 15.9 Å². The van der Waals surface area contributed by atoms with Gasteiger partial charge in [-0.1, -0.05) is 23.7 Å². The number of carbonyl (C=O) groups excluding carboxylic acids is 1. The lowest BCUT2D eigenvalue weighted by Crippen LogP contribution is -2.19. The van der Waals surface area contributed by atoms with E-state index in [2.05, 4.69) is 9.97 Å². The molecule has 0 saturated carbocycles. The third-order valence-corrected chi connectivity index (χ3v) is 2.83. The van der Waals surface area contributed by atoms with E-state index in [0.29, 0.717) is 16.8 Å². The summed E-state index contributed by atoms with van der Waals surface area (Å²) in [6.07, 6.45) is -4.15. The summed E-state index contributed by atoms with van der Waals surface area (Å²) >= 11 is 5.69. The molecular weight excluding hydrogens is 323 g/mol. The summed E-state index contributed by atoms with van der Waals surface area (Å²) in [6.45, 7) is -0.211. The molecule has 1 heterocycles. The van der Waals surface area contributed by atoms with Gasteiger partial charge in [-0.3, -0.25) is 0 Å². The maximum Gasteiger partial charge on any atom is 0.434 e. The second-order valence-corrected chi connectivity index (χ2v) is 4.63. The molecule has 116 valence electrons. The number of carbonyl (C=O) groups is 1. The predicted octanol–water partition coefficient (Wildman–Crippen LogP) is 3.09. The Morgan fingerprint density at radius 3 is 2.50 bits per heavy atom. The molecule has 0 amide bonds. The van der Waals surface area contributed by atoms with Crippen LogP contribution in [0.3, 0.4) is 0 Å². The molecule has 0 aliphatic rings. The van der Waals surface area contributed by atoms with Crippen molar-refractivity contribution in [3.05, 3.63) is 52.3 Å². The van der Waals surface area contributed by atoms with Crippen LogP contribution in [0.15, 0.2) is 30.5 Å². The van der Waals surface area contributed by atoms with Gasteiger partial charge in [-0.05, 0) is 17.7 Å². The van der Waals surface area contributed by atoms with Crippen LogP contribution in [0.4, 0.5) is 19.1 Å². The fraction of sp³-hybridized carbons (Fsp3) is 0.154. The Bertz CT molecular complexity index is 690. The Morgan fingerprint density at radius 1 is 1.27 bits per heavy atom. The highest BCUT2D eigenvalue weighted by atomic mass is 35.5. The SMILES string of the molecule is Nc1ncc(C(=O)OCc2ccc(Cl)cc2)c(C(F)(F)F)n1. The fourth-order valence-corrected chi connectivity index (χ4v) is 1.69. The van der Waals surface area contributed by atoms with Gasteiger partial charge in [-0.25, -0.2) is 14.8 Å². The first-order valence-electron chi connectivity index (χ1n) is 5.88. The molecule has 0 saturated heterocycles. The molecule has 0 fully saturated rings. The molecule has 0 aliphatic carbocycles. The molecule has 0 spiro atoms. The molecule has 0 radical (unpaired) electrons. The number of esters is 1. The Labute approximate surface area is 127 Å². The number of nitrogens with two attached hydrogens (primary N) is 1. The summed E-state index contributed by atoms with van der Waals surface area (Å²) < 4.78 is 43.3. The Balaban J connectivity index is 2.17. The van der Waals surface area contributed by atoms with Crippen molar-refractivity contribution in [3.63, 3.8) is 0 Å². The third kappa shape index (κ3) is 3.85. The highest BCUT2D eigenvalue weighted by molar-refractivity contribution is 6.30. The number of nitrogen functional groups attached to an aromatic ring is 1. The predicted molar refractivity (Wildman–Crippen MR) is 72.0 cm³/mol. The van der Waals surface area contributed by atoms with Crippen molar-refractivity contribution in [3.8, 4) is 0 Å². The molecule has 0 bridgehead atoms. The number of hydrogen-bond acceptors (Lipinski definition) is 5. The highest BCUT2D eigenvalue weighted by Crippen LogP contribution is 2.30. The van der Waals surface area contributed by atoms with E-state index in [1.54, 1.807) is 24.3 Å². The molecule has 0 aliphatic heterocycles. The van der Waals surface area contributed by atoms with Gasteiger partial charge >= 0.3 is 12.1 Å². The van der Waals surface area contributed by atoms with Gasteiger partial charge in [0.1, 0.15) is 12.2 Å². The van der Waals surface area contributed by atoms with E-state index in [0.717, 1.165) is 0 Å². The van der Waals surface area contributed by atoms with E-state index in [1.807, 2.05) is 0 Å². The number of benzene rings is 1. The van der Waals surface area contributed by atoms with E-state index in [4.69, 9.17) is 22.1 Å². The topological polar surface area (TPSA) is 78.1 Å². The standard InChI is InChI=1S/C13H9ClF3N3O2/c14-8-3-1-7(2-4-8)6-22-11(21)9-5-19-12(18)20-10(9)13(15,16)17/h1-5H,6H2,(H2,18,19,20). The van der Waals surface area contributed by atoms with Crippen LogP contribution in [0, 0.1) is 0 Å². The first-order chi connectivity index (χ1) is 10.3. The number of aromatic nitrogens is 2. The molecule has 2 N–H and O–H groups in total. The van der Waals surface area contributed by atoms with Crippen LogP contribution in [0.2, 0.25) is 5.02 Å². The number of hydrogen-bond donors (Lipinski definition) is 1. The zero-order valence-corrected chi connectivity index (χ0v) is 11.6. The van der Waals surface area contributed by atoms with Crippen LogP contribution >= 0.6 is 11.6 Å². The van der Waals surface area contributed by atoms with E-state index < -0.39 is 29.4 Å². The normalized spacial score (nSPS) is 11.3. The molecule has 1 aromatic heterocycles. The molecule has 2 aromatic rings. The van der Waals surface area contributed by atoms with Gasteiger partial charge in [-0.2, -0.15) is 13.2 Å². The molecule has 0 atom stereocenters. The first-order valence-corrected chi connectivity index (χ1v) is 6.26. The maximum atomic E-state index is 12.8. The van der Waals surface area contributed by atoms with Gasteiger partial charge < -0.3 is 10.5 Å². The van der Waals surface area contributed by atoms with Crippen LogP contribution < -0.4 is 5.73 Å². The minimum atomic E-state index is -4.84. The lowest BCUT2D eigenvalue weighted by molar-refractivity contribution is -0.141. The van der Waals surface area contributed by atoms with Crippen molar-refractivity contribution in [2.24, 2.45) is 0 Å². The summed E-state index contributed by atoms with van der Waals surface area (Å²) in [5, 5.41) is 0.487. The summed E-state index contributed by atoms with van der Waals surface area (Å²) in [5.41, 5.74) is 3.46. The van der Waals surface area contributed by atoms with E-state index in [-0.39, 0.29) is 6.61 Å². The Morgan fingerprint density at radius 2 is 1.91 bits per heavy atom. The molecule has 2 rings (SSSR count). The molecular formula is C13H9ClF3N3O2. The summed E-state index contributed by atoms with van der Waals surface area (Å²) in [4.78, 5) is 18.2. The van der Waals surface area contributed by atoms with Crippen LogP contribution in [0.5, 0.6) is 0 Å². The third-order valence-electron chi connectivity index (χ3n) is 2.58. The number of rotatable bonds is 3. The van der Waals surface area contributed by atoms with Crippen LogP contribution in [-0.2, 0) is 17.5 Å². The highest BCUT2D eigenvalue weighted by Gasteiger charge is 2.38. The van der Waals surface area contributed by atoms with Crippen LogP contribution in [0.1, 0.15) is 21.6 Å². The van der Waals surface area contributed by atoms with E-state index in [9.17, 15) is 18.0 Å². The van der Waals surface area contributed by atoms with Crippen molar-refractivity contribution in [2.75, 3.05) is 5.73 Å². The molecule has 9 heteroatoms. The number of halogens is 4. The van der Waals surface area contributed by atoms with Gasteiger partial charge in [0.15, 0.2) is 5.69 Å². The van der Waals surface area contributed by atoms with Crippen molar-refractivity contribution >= 4 is 23.5 Å². The summed E-state index contributed by atoms with van der Waals surface area (Å²) in [6, 6.07) is 6.30. The summed E-state index contributed by atoms with van der Waals surface area (Å²) in [5.74, 6) is -1.77. The molecule has 22 heavy (non-hydrogen) atoms. The van der Waals surface area contributed by atoms with Gasteiger partial charge in [0.25, 0.3) is 0 Å². The molecule has 0 unspecified atom stereocenters. The lowest BCUT2D eigenvalue weighted by atomic mass is 10.2. The maximum absolute atomic E-state index is 12.8. The van der Waals surface area contributed by atoms with E-state index >= 15 is 0 Å². The fourth-order valence-electron chi connectivity index (χ4n) is 1.57. The average Bonchev–Trinajstić information content (AvgIpc) is 2.45. The number of nitrogens with zero attached hydrogens (tertiary/aromatic N) is 2. The zero-order chi connectivity index (χ0) is 16.3. The van der Waals surface area contributed by atoms with Gasteiger partial charge in [-0.15, -0.1) is 0 Å². The van der Waals surface area contributed by atoms with Crippen molar-refractivity contribution in [1.29, 1.82) is 0 Å². The van der Waals surface area contributed by atoms with Crippen molar-refractivity contribution < 1.29 is 22.7 Å². The Kier molecular flexibility index (Phi) is 4.51. The zero-order valence-electron chi connectivity index (χ0n) is 10.9. The number of ether oxygens (including phenoxy) is 1. The largest absolute Gasteiger partial charge is 0.457 e. The van der Waals surface area contributed by atoms with Crippen molar-refractivity contribution in [2.45, 2.75) is 12.8 Å². The first kappa shape index (κ1) is 16.0. The van der Waals surface area contributed by atoms with E-state index in [1.165, 1.54) is 0 Å². The quantitative estimate of drug-likeness (QED) is 0.874. The molecule has 5 nitrogen and oxygen atoms in total. The lowest BCUT2D eigenvalue weighted by Gasteiger charge is -2.11. The monoisotopic (exact) mass is 331 g/mol.